The molecule has 0 spiro atoms. The molecular formula is C17H15Cl2N5OS. The van der Waals surface area contributed by atoms with Crippen molar-refractivity contribution in [3.63, 3.8) is 0 Å². The van der Waals surface area contributed by atoms with Gasteiger partial charge in [0.15, 0.2) is 0 Å². The predicted octanol–water partition coefficient (Wildman–Crippen LogP) is 4.40. The van der Waals surface area contributed by atoms with Gasteiger partial charge < -0.3 is 5.32 Å². The van der Waals surface area contributed by atoms with Crippen molar-refractivity contribution in [1.82, 2.24) is 20.2 Å². The first-order chi connectivity index (χ1) is 12.5. The fraction of sp³-hybridized carbons (Fsp3) is 0.176. The number of para-hydroxylation sites is 1. The fourth-order valence-corrected chi connectivity index (χ4v) is 3.38. The molecule has 1 aromatic heterocycles. The number of hydrogen-bond donors (Lipinski definition) is 1. The third-order valence-electron chi connectivity index (χ3n) is 3.62. The molecule has 0 saturated carbocycles. The summed E-state index contributed by atoms with van der Waals surface area (Å²) < 4.78 is 1.62. The predicted molar refractivity (Wildman–Crippen MR) is 104 cm³/mol. The number of amides is 1. The van der Waals surface area contributed by atoms with Crippen LogP contribution in [0, 0.1) is 6.92 Å². The third kappa shape index (κ3) is 4.17. The van der Waals surface area contributed by atoms with Crippen molar-refractivity contribution in [1.29, 1.82) is 0 Å². The minimum atomic E-state index is -0.446. The Balaban J connectivity index is 1.76. The number of aromatic nitrogens is 4. The Labute approximate surface area is 164 Å². The van der Waals surface area contributed by atoms with E-state index in [1.165, 1.54) is 11.8 Å². The third-order valence-corrected chi connectivity index (χ3v) is 5.22. The van der Waals surface area contributed by atoms with Gasteiger partial charge in [0.2, 0.25) is 11.1 Å². The number of carbonyl (C=O) groups is 1. The molecule has 3 rings (SSSR count). The van der Waals surface area contributed by atoms with E-state index in [9.17, 15) is 4.79 Å². The smallest absolute Gasteiger partial charge is 0.237 e. The van der Waals surface area contributed by atoms with Crippen molar-refractivity contribution in [3.05, 3.63) is 58.1 Å². The number of thioether (sulfide) groups is 1. The van der Waals surface area contributed by atoms with Gasteiger partial charge in [-0.15, -0.1) is 5.10 Å². The van der Waals surface area contributed by atoms with Gasteiger partial charge in [0.05, 0.1) is 21.6 Å². The molecule has 1 heterocycles. The zero-order valence-corrected chi connectivity index (χ0v) is 16.3. The van der Waals surface area contributed by atoms with E-state index in [2.05, 4.69) is 20.8 Å². The monoisotopic (exact) mass is 407 g/mol. The second-order valence-corrected chi connectivity index (χ2v) is 7.68. The summed E-state index contributed by atoms with van der Waals surface area (Å²) in [4.78, 5) is 12.5. The maximum atomic E-state index is 12.5. The van der Waals surface area contributed by atoms with Gasteiger partial charge in [0.25, 0.3) is 0 Å². The quantitative estimate of drug-likeness (QED) is 0.634. The lowest BCUT2D eigenvalue weighted by Crippen LogP contribution is -2.23. The molecule has 0 aliphatic heterocycles. The highest BCUT2D eigenvalue weighted by Crippen LogP contribution is 2.28. The van der Waals surface area contributed by atoms with Gasteiger partial charge >= 0.3 is 0 Å². The maximum Gasteiger partial charge on any atom is 0.237 e. The number of tetrazole rings is 1. The van der Waals surface area contributed by atoms with Gasteiger partial charge in [-0.25, -0.2) is 0 Å². The van der Waals surface area contributed by atoms with Crippen molar-refractivity contribution in [2.75, 3.05) is 5.32 Å². The lowest BCUT2D eigenvalue weighted by Gasteiger charge is -2.13. The zero-order chi connectivity index (χ0) is 18.7. The van der Waals surface area contributed by atoms with Crippen molar-refractivity contribution in [3.8, 4) is 5.69 Å². The van der Waals surface area contributed by atoms with E-state index in [0.717, 1.165) is 11.3 Å². The topological polar surface area (TPSA) is 72.7 Å². The molecule has 0 fully saturated rings. The number of nitrogens with zero attached hydrogens (tertiary/aromatic N) is 4. The summed E-state index contributed by atoms with van der Waals surface area (Å²) in [5.74, 6) is -0.224. The van der Waals surface area contributed by atoms with Crippen LogP contribution in [0.5, 0.6) is 0 Å². The van der Waals surface area contributed by atoms with Crippen molar-refractivity contribution < 1.29 is 4.79 Å². The standard InChI is InChI=1S/C17H15Cl2N5OS/c1-10-5-3-4-6-15(10)24-17(21-22-23-24)26-11(2)16(25)20-14-9-12(18)7-8-13(14)19/h3-9,11H,1-2H3,(H,20,25)/t11-/m0/s1. The Morgan fingerprint density at radius 2 is 2.00 bits per heavy atom. The number of carbonyl (C=O) groups excluding carboxylic acids is 1. The molecule has 0 unspecified atom stereocenters. The van der Waals surface area contributed by atoms with Crippen LogP contribution in [0.15, 0.2) is 47.6 Å². The van der Waals surface area contributed by atoms with E-state index < -0.39 is 5.25 Å². The van der Waals surface area contributed by atoms with Crippen LogP contribution < -0.4 is 5.32 Å². The Hall–Kier alpha value is -2.09. The molecule has 9 heteroatoms. The minimum absolute atomic E-state index is 0.224. The molecule has 0 aliphatic rings. The summed E-state index contributed by atoms with van der Waals surface area (Å²) >= 11 is 13.3. The van der Waals surface area contributed by atoms with E-state index in [-0.39, 0.29) is 5.91 Å². The van der Waals surface area contributed by atoms with Crippen LogP contribution in [0.25, 0.3) is 5.69 Å². The summed E-state index contributed by atoms with van der Waals surface area (Å²) in [5, 5.41) is 15.6. The molecule has 26 heavy (non-hydrogen) atoms. The molecule has 1 atom stereocenters. The van der Waals surface area contributed by atoms with Crippen molar-refractivity contribution in [2.45, 2.75) is 24.3 Å². The number of hydrogen-bond acceptors (Lipinski definition) is 5. The average Bonchev–Trinajstić information content (AvgIpc) is 3.06. The lowest BCUT2D eigenvalue weighted by atomic mass is 10.2. The second kappa shape index (κ2) is 8.07. The highest BCUT2D eigenvalue weighted by atomic mass is 35.5. The molecule has 6 nitrogen and oxygen atoms in total. The number of aryl methyl sites for hydroxylation is 1. The molecule has 3 aromatic rings. The number of benzene rings is 2. The molecule has 134 valence electrons. The number of halogens is 2. The molecule has 0 saturated heterocycles. The van der Waals surface area contributed by atoms with Crippen molar-refractivity contribution in [2.24, 2.45) is 0 Å². The SMILES string of the molecule is Cc1ccccc1-n1nnnc1S[C@@H](C)C(=O)Nc1cc(Cl)ccc1Cl. The first-order valence-electron chi connectivity index (χ1n) is 7.72. The van der Waals surface area contributed by atoms with E-state index >= 15 is 0 Å². The summed E-state index contributed by atoms with van der Waals surface area (Å²) in [6, 6.07) is 12.7. The van der Waals surface area contributed by atoms with Gasteiger partial charge in [-0.2, -0.15) is 4.68 Å². The van der Waals surface area contributed by atoms with Gasteiger partial charge in [0, 0.05) is 5.02 Å². The Kier molecular flexibility index (Phi) is 5.80. The highest BCUT2D eigenvalue weighted by molar-refractivity contribution is 8.00. The van der Waals surface area contributed by atoms with Crippen LogP contribution in [-0.4, -0.2) is 31.4 Å². The second-order valence-electron chi connectivity index (χ2n) is 5.53. The fourth-order valence-electron chi connectivity index (χ4n) is 2.24. The van der Waals surface area contributed by atoms with Crippen LogP contribution >= 0.6 is 35.0 Å². The molecular weight excluding hydrogens is 393 g/mol. The van der Waals surface area contributed by atoms with Crippen LogP contribution in [0.4, 0.5) is 5.69 Å². The zero-order valence-electron chi connectivity index (χ0n) is 14.0. The van der Waals surface area contributed by atoms with E-state index in [1.807, 2.05) is 31.2 Å². The van der Waals surface area contributed by atoms with Gasteiger partial charge in [0.1, 0.15) is 0 Å². The van der Waals surface area contributed by atoms with Crippen LogP contribution in [0.2, 0.25) is 10.0 Å². The van der Waals surface area contributed by atoms with Crippen LogP contribution in [0.3, 0.4) is 0 Å². The van der Waals surface area contributed by atoms with Crippen molar-refractivity contribution >= 4 is 46.6 Å². The number of anilines is 1. The van der Waals surface area contributed by atoms with Crippen LogP contribution in [0.1, 0.15) is 12.5 Å². The summed E-state index contributed by atoms with van der Waals surface area (Å²) in [5.41, 5.74) is 2.37. The molecule has 0 aliphatic carbocycles. The van der Waals surface area contributed by atoms with E-state index in [4.69, 9.17) is 23.2 Å². The molecule has 1 N–H and O–H groups in total. The lowest BCUT2D eigenvalue weighted by molar-refractivity contribution is -0.115. The van der Waals surface area contributed by atoms with Crippen LogP contribution in [-0.2, 0) is 4.79 Å². The van der Waals surface area contributed by atoms with Gasteiger partial charge in [-0.3, -0.25) is 4.79 Å². The average molecular weight is 408 g/mol. The Morgan fingerprint density at radius 1 is 1.23 bits per heavy atom. The minimum Gasteiger partial charge on any atom is -0.324 e. The first-order valence-corrected chi connectivity index (χ1v) is 9.36. The number of rotatable bonds is 5. The van der Waals surface area contributed by atoms with E-state index in [1.54, 1.807) is 29.8 Å². The van der Waals surface area contributed by atoms with Gasteiger partial charge in [-0.1, -0.05) is 53.2 Å². The Morgan fingerprint density at radius 3 is 2.77 bits per heavy atom. The largest absolute Gasteiger partial charge is 0.324 e. The summed E-state index contributed by atoms with van der Waals surface area (Å²) in [6.45, 7) is 3.75. The Bertz CT molecular complexity index is 946. The van der Waals surface area contributed by atoms with E-state index in [0.29, 0.717) is 20.9 Å². The maximum absolute atomic E-state index is 12.5. The molecule has 0 radical (unpaired) electrons. The summed E-state index contributed by atoms with van der Waals surface area (Å²) in [6.07, 6.45) is 0. The normalized spacial score (nSPS) is 12.0. The summed E-state index contributed by atoms with van der Waals surface area (Å²) in [7, 11) is 0. The molecule has 2 aromatic carbocycles. The molecule has 1 amide bonds. The highest BCUT2D eigenvalue weighted by Gasteiger charge is 2.20. The molecule has 0 bridgehead atoms. The number of nitrogens with one attached hydrogen (secondary N) is 1. The first kappa shape index (κ1) is 18.7. The van der Waals surface area contributed by atoms with Gasteiger partial charge in [-0.05, 0) is 54.1 Å².